The SMILES string of the molecule is CC1CCCCN1CCN=C1NC(=S)N=C2C=CC=CC21. The zero-order chi connectivity index (χ0) is 14.7. The van der Waals surface area contributed by atoms with Crippen molar-refractivity contribution in [2.75, 3.05) is 19.6 Å². The molecular weight excluding hydrogens is 280 g/mol. The molecule has 2 unspecified atom stereocenters. The van der Waals surface area contributed by atoms with Crippen molar-refractivity contribution in [2.24, 2.45) is 15.9 Å². The lowest BCUT2D eigenvalue weighted by Crippen LogP contribution is -2.43. The number of allylic oxidation sites excluding steroid dienone is 3. The molecule has 1 N–H and O–H groups in total. The summed E-state index contributed by atoms with van der Waals surface area (Å²) in [5.41, 5.74) is 0.992. The van der Waals surface area contributed by atoms with E-state index < -0.39 is 0 Å². The number of fused-ring (bicyclic) bond motifs is 1. The molecule has 4 nitrogen and oxygen atoms in total. The van der Waals surface area contributed by atoms with Crippen LogP contribution in [0.1, 0.15) is 26.2 Å². The molecule has 3 aliphatic rings. The van der Waals surface area contributed by atoms with E-state index in [0.29, 0.717) is 11.2 Å². The predicted molar refractivity (Wildman–Crippen MR) is 92.1 cm³/mol. The van der Waals surface area contributed by atoms with Gasteiger partial charge in [-0.1, -0.05) is 24.6 Å². The number of amidine groups is 1. The van der Waals surface area contributed by atoms with Crippen molar-refractivity contribution in [3.05, 3.63) is 24.3 Å². The van der Waals surface area contributed by atoms with Crippen molar-refractivity contribution in [1.82, 2.24) is 10.2 Å². The van der Waals surface area contributed by atoms with E-state index in [1.165, 1.54) is 25.8 Å². The highest BCUT2D eigenvalue weighted by molar-refractivity contribution is 7.80. The van der Waals surface area contributed by atoms with Gasteiger partial charge in [0.25, 0.3) is 0 Å². The third-order valence-corrected chi connectivity index (χ3v) is 4.56. The first-order valence-corrected chi connectivity index (χ1v) is 8.18. The van der Waals surface area contributed by atoms with Crippen LogP contribution in [-0.2, 0) is 0 Å². The third kappa shape index (κ3) is 3.47. The van der Waals surface area contributed by atoms with E-state index in [1.807, 2.05) is 18.2 Å². The maximum Gasteiger partial charge on any atom is 0.198 e. The molecule has 0 spiro atoms. The van der Waals surface area contributed by atoms with Crippen LogP contribution in [0.2, 0.25) is 0 Å². The Bertz CT molecular complexity index is 532. The Hall–Kier alpha value is -1.33. The number of hydrogen-bond acceptors (Lipinski definition) is 3. The second-order valence-electron chi connectivity index (χ2n) is 5.84. The first kappa shape index (κ1) is 14.6. The second-order valence-corrected chi connectivity index (χ2v) is 6.22. The Morgan fingerprint density at radius 2 is 2.33 bits per heavy atom. The van der Waals surface area contributed by atoms with Crippen LogP contribution >= 0.6 is 12.2 Å². The van der Waals surface area contributed by atoms with Crippen molar-refractivity contribution < 1.29 is 0 Å². The molecule has 1 aliphatic carbocycles. The summed E-state index contributed by atoms with van der Waals surface area (Å²) >= 11 is 5.20. The summed E-state index contributed by atoms with van der Waals surface area (Å²) in [5.74, 6) is 1.08. The summed E-state index contributed by atoms with van der Waals surface area (Å²) in [6.45, 7) is 5.37. The van der Waals surface area contributed by atoms with Gasteiger partial charge >= 0.3 is 0 Å². The zero-order valence-corrected chi connectivity index (χ0v) is 13.3. The summed E-state index contributed by atoms with van der Waals surface area (Å²) in [6.07, 6.45) is 12.2. The minimum absolute atomic E-state index is 0.139. The number of likely N-dealkylation sites (tertiary alicyclic amines) is 1. The van der Waals surface area contributed by atoms with Crippen LogP contribution in [0.3, 0.4) is 0 Å². The summed E-state index contributed by atoms with van der Waals surface area (Å²) in [5, 5.41) is 3.67. The van der Waals surface area contributed by atoms with Gasteiger partial charge in [0, 0.05) is 12.6 Å². The highest BCUT2D eigenvalue weighted by Gasteiger charge is 2.25. The van der Waals surface area contributed by atoms with Crippen molar-refractivity contribution in [2.45, 2.75) is 32.2 Å². The van der Waals surface area contributed by atoms with E-state index in [0.717, 1.165) is 24.6 Å². The van der Waals surface area contributed by atoms with Crippen LogP contribution in [0.4, 0.5) is 0 Å². The minimum atomic E-state index is 0.139. The molecule has 0 aromatic rings. The molecule has 0 saturated carbocycles. The van der Waals surface area contributed by atoms with Gasteiger partial charge in [-0.15, -0.1) is 0 Å². The van der Waals surface area contributed by atoms with E-state index in [-0.39, 0.29) is 5.92 Å². The maximum absolute atomic E-state index is 5.20. The lowest BCUT2D eigenvalue weighted by atomic mass is 9.96. The van der Waals surface area contributed by atoms with Crippen LogP contribution in [0.25, 0.3) is 0 Å². The van der Waals surface area contributed by atoms with Gasteiger partial charge in [0.2, 0.25) is 0 Å². The minimum Gasteiger partial charge on any atom is -0.319 e. The third-order valence-electron chi connectivity index (χ3n) is 4.37. The molecule has 0 amide bonds. The molecule has 2 heterocycles. The number of rotatable bonds is 3. The van der Waals surface area contributed by atoms with Crippen LogP contribution in [0, 0.1) is 5.92 Å². The zero-order valence-electron chi connectivity index (χ0n) is 12.5. The average molecular weight is 302 g/mol. The van der Waals surface area contributed by atoms with E-state index in [2.05, 4.69) is 28.2 Å². The van der Waals surface area contributed by atoms with E-state index in [9.17, 15) is 0 Å². The molecule has 0 aromatic heterocycles. The Kier molecular flexibility index (Phi) is 4.60. The summed E-state index contributed by atoms with van der Waals surface area (Å²) in [6, 6.07) is 0.689. The Balaban J connectivity index is 1.63. The highest BCUT2D eigenvalue weighted by Crippen LogP contribution is 2.17. The maximum atomic E-state index is 5.20. The number of aliphatic imine (C=N–C) groups is 2. The fourth-order valence-corrected chi connectivity index (χ4v) is 3.34. The largest absolute Gasteiger partial charge is 0.319 e. The fraction of sp³-hybridized carbons (Fsp3) is 0.562. The number of hydrogen-bond donors (Lipinski definition) is 1. The molecular formula is C16H22N4S. The molecule has 0 aromatic carbocycles. The Morgan fingerprint density at radius 1 is 1.43 bits per heavy atom. The van der Waals surface area contributed by atoms with Gasteiger partial charge in [-0.05, 0) is 44.6 Å². The molecule has 0 radical (unpaired) electrons. The second kappa shape index (κ2) is 6.62. The quantitative estimate of drug-likeness (QED) is 0.813. The first-order chi connectivity index (χ1) is 10.2. The van der Waals surface area contributed by atoms with Crippen LogP contribution in [0.15, 0.2) is 34.3 Å². The van der Waals surface area contributed by atoms with Crippen LogP contribution < -0.4 is 5.32 Å². The Morgan fingerprint density at radius 3 is 3.19 bits per heavy atom. The van der Waals surface area contributed by atoms with Gasteiger partial charge in [0.05, 0.1) is 18.2 Å². The topological polar surface area (TPSA) is 40.0 Å². The molecule has 0 bridgehead atoms. The predicted octanol–water partition coefficient (Wildman–Crippen LogP) is 2.33. The van der Waals surface area contributed by atoms with Gasteiger partial charge in [-0.2, -0.15) is 0 Å². The van der Waals surface area contributed by atoms with Crippen molar-refractivity contribution in [3.8, 4) is 0 Å². The number of piperidine rings is 1. The number of thiocarbonyl (C=S) groups is 1. The van der Waals surface area contributed by atoms with E-state index >= 15 is 0 Å². The molecule has 2 aliphatic heterocycles. The molecule has 112 valence electrons. The van der Waals surface area contributed by atoms with Crippen LogP contribution in [0.5, 0.6) is 0 Å². The van der Waals surface area contributed by atoms with Gasteiger partial charge in [0.15, 0.2) is 5.11 Å². The fourth-order valence-electron chi connectivity index (χ4n) is 3.13. The van der Waals surface area contributed by atoms with Crippen molar-refractivity contribution in [1.29, 1.82) is 0 Å². The lowest BCUT2D eigenvalue weighted by molar-refractivity contribution is 0.166. The average Bonchev–Trinajstić information content (AvgIpc) is 2.49. The molecule has 3 rings (SSSR count). The van der Waals surface area contributed by atoms with Gasteiger partial charge in [-0.25, -0.2) is 4.99 Å². The summed E-state index contributed by atoms with van der Waals surface area (Å²) < 4.78 is 0. The van der Waals surface area contributed by atoms with Gasteiger partial charge in [-0.3, -0.25) is 9.89 Å². The molecule has 5 heteroatoms. The highest BCUT2D eigenvalue weighted by atomic mass is 32.1. The normalized spacial score (nSPS) is 31.0. The molecule has 1 fully saturated rings. The van der Waals surface area contributed by atoms with Crippen LogP contribution in [-0.4, -0.2) is 47.2 Å². The van der Waals surface area contributed by atoms with Crippen molar-refractivity contribution in [3.63, 3.8) is 0 Å². The first-order valence-electron chi connectivity index (χ1n) is 7.77. The Labute approximate surface area is 131 Å². The molecule has 21 heavy (non-hydrogen) atoms. The van der Waals surface area contributed by atoms with Gasteiger partial charge in [0.1, 0.15) is 5.84 Å². The van der Waals surface area contributed by atoms with Gasteiger partial charge < -0.3 is 5.32 Å². The number of nitrogens with one attached hydrogen (secondary N) is 1. The monoisotopic (exact) mass is 302 g/mol. The molecule has 1 saturated heterocycles. The van der Waals surface area contributed by atoms with Crippen molar-refractivity contribution >= 4 is 28.9 Å². The smallest absolute Gasteiger partial charge is 0.198 e. The lowest BCUT2D eigenvalue weighted by Gasteiger charge is -2.33. The summed E-state index contributed by atoms with van der Waals surface area (Å²) in [4.78, 5) is 11.7. The number of nitrogens with zero attached hydrogens (tertiary/aromatic N) is 3. The standard InChI is InChI=1S/C16H22N4S/c1-12-6-4-5-10-20(12)11-9-17-15-13-7-2-3-8-14(13)18-16(21)19-15/h2-3,7-8,12-13H,4-6,9-11H2,1H3,(H,17,19,21). The van der Waals surface area contributed by atoms with E-state index in [4.69, 9.17) is 17.2 Å². The summed E-state index contributed by atoms with van der Waals surface area (Å²) in [7, 11) is 0. The van der Waals surface area contributed by atoms with E-state index in [1.54, 1.807) is 0 Å². The molecule has 2 atom stereocenters.